The Morgan fingerprint density at radius 3 is 2.90 bits per heavy atom. The van der Waals surface area contributed by atoms with Gasteiger partial charge < -0.3 is 19.9 Å². The third-order valence-electron chi connectivity index (χ3n) is 5.77. The number of nitriles is 1. The van der Waals surface area contributed by atoms with Gasteiger partial charge in [-0.2, -0.15) is 5.26 Å². The molecule has 0 radical (unpaired) electrons. The lowest BCUT2D eigenvalue weighted by Gasteiger charge is -2.29. The number of fused-ring (bicyclic) bond motifs is 3. The summed E-state index contributed by atoms with van der Waals surface area (Å²) in [5, 5.41) is 17.1. The normalized spacial score (nSPS) is 17.3. The molecule has 3 aromatic rings. The van der Waals surface area contributed by atoms with Crippen molar-refractivity contribution in [3.05, 3.63) is 51.5 Å². The second kappa shape index (κ2) is 7.22. The SMILES string of the molecule is CC1Nc2c(c(=O)n(C)c3ccc(Nc4ccnc(Cl)c4C#N)cc23)OCC1(C)C. The fraction of sp³-hybridized carbons (Fsp3) is 0.318. The number of hydrogen-bond acceptors (Lipinski definition) is 6. The van der Waals surface area contributed by atoms with E-state index in [1.54, 1.807) is 23.9 Å². The zero-order valence-electron chi connectivity index (χ0n) is 17.2. The van der Waals surface area contributed by atoms with Gasteiger partial charge in [-0.15, -0.1) is 0 Å². The molecular weight excluding hydrogens is 402 g/mol. The van der Waals surface area contributed by atoms with Gasteiger partial charge in [-0.25, -0.2) is 4.98 Å². The van der Waals surface area contributed by atoms with Crippen LogP contribution in [0.3, 0.4) is 0 Å². The molecule has 154 valence electrons. The molecule has 2 N–H and O–H groups in total. The molecule has 2 aromatic heterocycles. The van der Waals surface area contributed by atoms with Gasteiger partial charge in [-0.1, -0.05) is 25.4 Å². The summed E-state index contributed by atoms with van der Waals surface area (Å²) >= 11 is 6.05. The Balaban J connectivity index is 1.88. The molecule has 8 heteroatoms. The molecule has 0 saturated carbocycles. The zero-order chi connectivity index (χ0) is 21.6. The molecule has 30 heavy (non-hydrogen) atoms. The van der Waals surface area contributed by atoms with Gasteiger partial charge in [0.1, 0.15) is 16.8 Å². The summed E-state index contributed by atoms with van der Waals surface area (Å²) in [5.41, 5.74) is 2.72. The van der Waals surface area contributed by atoms with Crippen LogP contribution in [-0.4, -0.2) is 22.2 Å². The highest BCUT2D eigenvalue weighted by atomic mass is 35.5. The van der Waals surface area contributed by atoms with Gasteiger partial charge in [0, 0.05) is 35.8 Å². The predicted molar refractivity (Wildman–Crippen MR) is 119 cm³/mol. The molecule has 1 aromatic carbocycles. The highest BCUT2D eigenvalue weighted by Crippen LogP contribution is 2.38. The van der Waals surface area contributed by atoms with Crippen molar-refractivity contribution in [2.45, 2.75) is 26.8 Å². The van der Waals surface area contributed by atoms with Crippen LogP contribution in [0.2, 0.25) is 5.15 Å². The minimum atomic E-state index is -0.178. The van der Waals surface area contributed by atoms with Gasteiger partial charge in [0.25, 0.3) is 5.56 Å². The van der Waals surface area contributed by atoms with Crippen LogP contribution in [0.15, 0.2) is 35.3 Å². The van der Waals surface area contributed by atoms with Crippen molar-refractivity contribution in [3.8, 4) is 11.8 Å². The van der Waals surface area contributed by atoms with Crippen LogP contribution in [0.1, 0.15) is 26.3 Å². The number of hydrogen-bond donors (Lipinski definition) is 2. The molecule has 1 aliphatic heterocycles. The summed E-state index contributed by atoms with van der Waals surface area (Å²) in [6.07, 6.45) is 1.54. The molecule has 0 bridgehead atoms. The largest absolute Gasteiger partial charge is 0.486 e. The van der Waals surface area contributed by atoms with Crippen molar-refractivity contribution in [3.63, 3.8) is 0 Å². The van der Waals surface area contributed by atoms with E-state index >= 15 is 0 Å². The fourth-order valence-corrected chi connectivity index (χ4v) is 3.67. The average molecular weight is 424 g/mol. The molecular formula is C22H22ClN5O2. The Kier molecular flexibility index (Phi) is 4.83. The molecule has 4 rings (SSSR count). The number of rotatable bonds is 2. The van der Waals surface area contributed by atoms with E-state index in [1.807, 2.05) is 18.2 Å². The number of anilines is 3. The summed E-state index contributed by atoms with van der Waals surface area (Å²) in [6.45, 7) is 6.73. The minimum absolute atomic E-state index is 0.0925. The van der Waals surface area contributed by atoms with E-state index in [-0.39, 0.29) is 27.7 Å². The third kappa shape index (κ3) is 3.23. The van der Waals surface area contributed by atoms with Crippen LogP contribution in [0.4, 0.5) is 17.1 Å². The quantitative estimate of drug-likeness (QED) is 0.593. The standard InChI is InChI=1S/C22H22ClN5O2/c1-12-22(2,3)11-30-19-18(26-12)14-9-13(5-6-17(14)28(4)21(19)29)27-16-7-8-25-20(23)15(16)10-24/h5-9,12,26H,11H2,1-4H3,(H,25,27). The number of benzene rings is 1. The summed E-state index contributed by atoms with van der Waals surface area (Å²) < 4.78 is 7.57. The molecule has 1 aliphatic rings. The number of halogens is 1. The van der Waals surface area contributed by atoms with Crippen LogP contribution >= 0.6 is 11.6 Å². The lowest BCUT2D eigenvalue weighted by Crippen LogP contribution is -2.36. The van der Waals surface area contributed by atoms with Crippen molar-refractivity contribution in [1.29, 1.82) is 5.26 Å². The molecule has 0 saturated heterocycles. The first-order valence-corrected chi connectivity index (χ1v) is 9.98. The number of ether oxygens (including phenoxy) is 1. The summed E-state index contributed by atoms with van der Waals surface area (Å²) in [7, 11) is 1.73. The van der Waals surface area contributed by atoms with Gasteiger partial charge in [-0.3, -0.25) is 4.79 Å². The van der Waals surface area contributed by atoms with Crippen molar-refractivity contribution in [1.82, 2.24) is 9.55 Å². The number of aryl methyl sites for hydroxylation is 1. The minimum Gasteiger partial charge on any atom is -0.486 e. The van der Waals surface area contributed by atoms with E-state index in [9.17, 15) is 10.1 Å². The third-order valence-corrected chi connectivity index (χ3v) is 6.06. The first-order chi connectivity index (χ1) is 14.2. The first-order valence-electron chi connectivity index (χ1n) is 9.60. The van der Waals surface area contributed by atoms with E-state index in [0.717, 1.165) is 16.6 Å². The number of aromatic nitrogens is 2. The lowest BCUT2D eigenvalue weighted by atomic mass is 9.86. The summed E-state index contributed by atoms with van der Waals surface area (Å²) in [4.78, 5) is 16.9. The molecule has 7 nitrogen and oxygen atoms in total. The summed E-state index contributed by atoms with van der Waals surface area (Å²) in [5.74, 6) is 0.323. The average Bonchev–Trinajstić information content (AvgIpc) is 2.83. The van der Waals surface area contributed by atoms with Crippen molar-refractivity contribution in [2.75, 3.05) is 17.2 Å². The fourth-order valence-electron chi connectivity index (χ4n) is 3.47. The Morgan fingerprint density at radius 2 is 2.17 bits per heavy atom. The molecule has 1 atom stereocenters. The molecule has 0 spiro atoms. The Hall–Kier alpha value is -3.24. The van der Waals surface area contributed by atoms with Gasteiger partial charge >= 0.3 is 0 Å². The van der Waals surface area contributed by atoms with Crippen LogP contribution < -0.4 is 20.9 Å². The zero-order valence-corrected chi connectivity index (χ0v) is 18.0. The second-order valence-electron chi connectivity index (χ2n) is 8.20. The maximum Gasteiger partial charge on any atom is 0.295 e. The molecule has 3 heterocycles. The van der Waals surface area contributed by atoms with E-state index in [4.69, 9.17) is 16.3 Å². The monoisotopic (exact) mass is 423 g/mol. The van der Waals surface area contributed by atoms with E-state index in [2.05, 4.69) is 42.5 Å². The molecule has 0 fully saturated rings. The van der Waals surface area contributed by atoms with Crippen molar-refractivity contribution >= 4 is 39.6 Å². The Labute approximate surface area is 179 Å². The number of pyridine rings is 2. The smallest absolute Gasteiger partial charge is 0.295 e. The summed E-state index contributed by atoms with van der Waals surface area (Å²) in [6, 6.07) is 9.53. The van der Waals surface area contributed by atoms with Gasteiger partial charge in [0.05, 0.1) is 23.5 Å². The van der Waals surface area contributed by atoms with Crippen LogP contribution in [-0.2, 0) is 7.05 Å². The number of nitrogens with one attached hydrogen (secondary N) is 2. The number of nitrogens with zero attached hydrogens (tertiary/aromatic N) is 3. The van der Waals surface area contributed by atoms with Gasteiger partial charge in [0.2, 0.25) is 5.75 Å². The highest BCUT2D eigenvalue weighted by Gasteiger charge is 2.33. The lowest BCUT2D eigenvalue weighted by molar-refractivity contribution is 0.171. The van der Waals surface area contributed by atoms with Gasteiger partial charge in [0.15, 0.2) is 0 Å². The topological polar surface area (TPSA) is 92.0 Å². The van der Waals surface area contributed by atoms with Crippen LogP contribution in [0.25, 0.3) is 10.9 Å². The van der Waals surface area contributed by atoms with Crippen LogP contribution in [0.5, 0.6) is 5.75 Å². The van der Waals surface area contributed by atoms with E-state index < -0.39 is 0 Å². The van der Waals surface area contributed by atoms with Crippen molar-refractivity contribution in [2.24, 2.45) is 12.5 Å². The Bertz CT molecular complexity index is 1260. The van der Waals surface area contributed by atoms with Crippen molar-refractivity contribution < 1.29 is 4.74 Å². The van der Waals surface area contributed by atoms with Crippen LogP contribution in [0, 0.1) is 16.7 Å². The highest BCUT2D eigenvalue weighted by molar-refractivity contribution is 6.31. The molecule has 1 unspecified atom stereocenters. The molecule has 0 amide bonds. The molecule has 0 aliphatic carbocycles. The predicted octanol–water partition coefficient (Wildman–Crippen LogP) is 4.42. The maximum absolute atomic E-state index is 12.9. The first kappa shape index (κ1) is 20.0. The van der Waals surface area contributed by atoms with E-state index in [1.165, 1.54) is 0 Å². The van der Waals surface area contributed by atoms with E-state index in [0.29, 0.717) is 23.7 Å². The Morgan fingerprint density at radius 1 is 1.40 bits per heavy atom. The second-order valence-corrected chi connectivity index (χ2v) is 8.56. The van der Waals surface area contributed by atoms with Gasteiger partial charge in [-0.05, 0) is 31.2 Å². The maximum atomic E-state index is 12.9.